The summed E-state index contributed by atoms with van der Waals surface area (Å²) < 4.78 is 54.7. The summed E-state index contributed by atoms with van der Waals surface area (Å²) in [5.74, 6) is 0.439. The van der Waals surface area contributed by atoms with Crippen LogP contribution in [0.15, 0.2) is 42.9 Å². The van der Waals surface area contributed by atoms with Gasteiger partial charge < -0.3 is 29.9 Å². The van der Waals surface area contributed by atoms with Crippen molar-refractivity contribution in [1.82, 2.24) is 19.5 Å². The maximum atomic E-state index is 14.1. The van der Waals surface area contributed by atoms with Crippen LogP contribution in [-0.4, -0.2) is 72.3 Å². The van der Waals surface area contributed by atoms with Crippen molar-refractivity contribution in [2.24, 2.45) is 5.92 Å². The molecule has 4 rings (SSSR count). The zero-order valence-corrected chi connectivity index (χ0v) is 23.3. The van der Waals surface area contributed by atoms with Gasteiger partial charge in [-0.3, -0.25) is 13.9 Å². The van der Waals surface area contributed by atoms with E-state index in [1.54, 1.807) is 32.0 Å². The van der Waals surface area contributed by atoms with Gasteiger partial charge in [-0.15, -0.1) is 0 Å². The Bertz CT molecular complexity index is 1550. The number of aliphatic hydroxyl groups is 2. The van der Waals surface area contributed by atoms with Crippen molar-refractivity contribution in [3.63, 3.8) is 0 Å². The van der Waals surface area contributed by atoms with Gasteiger partial charge in [0, 0.05) is 5.38 Å². The summed E-state index contributed by atoms with van der Waals surface area (Å²) in [5, 5.41) is 24.6. The van der Waals surface area contributed by atoms with E-state index in [1.165, 1.54) is 31.6 Å². The van der Waals surface area contributed by atoms with Crippen molar-refractivity contribution in [3.05, 3.63) is 42.9 Å². The fourth-order valence-electron chi connectivity index (χ4n) is 3.91. The van der Waals surface area contributed by atoms with Crippen molar-refractivity contribution in [2.45, 2.75) is 50.9 Å². The number of rotatable bonds is 10. The predicted octanol–water partition coefficient (Wildman–Crippen LogP) is 2.47. The molecular weight excluding hydrogens is 565 g/mol. The van der Waals surface area contributed by atoms with Crippen LogP contribution < -0.4 is 10.3 Å². The summed E-state index contributed by atoms with van der Waals surface area (Å²) in [4.78, 5) is 24.6. The standard InChI is InChI=1S/C25H29ClN5O8P/c1-15(2)37-22(33)16(3)13-40(35,39-17-7-5-4-6-8-17)36-12-19-20(32)25(34,9-10-26)23(38-19)31-14-29-18-11-28-24(27)30-21(18)31/h4-8,11,14-16,19-20,23,32,34H,12-13H2,1-3H3,(H2,27,28,30)/t16-,19-,20+,23-,25?,40+/m1/s1/i12D2. The molecule has 1 aromatic carbocycles. The predicted molar refractivity (Wildman–Crippen MR) is 144 cm³/mol. The van der Waals surface area contributed by atoms with E-state index in [0.29, 0.717) is 0 Å². The number of carbonyl (C=O) groups excluding carboxylic acids is 1. The van der Waals surface area contributed by atoms with Crippen molar-refractivity contribution < 1.29 is 40.8 Å². The first-order chi connectivity index (χ1) is 19.7. The number of aromatic nitrogens is 4. The number of nitrogens with two attached hydrogens (primary N) is 1. The van der Waals surface area contributed by atoms with Crippen LogP contribution >= 0.6 is 19.2 Å². The van der Waals surface area contributed by atoms with Crippen LogP contribution in [0, 0.1) is 17.2 Å². The highest BCUT2D eigenvalue weighted by Gasteiger charge is 2.56. The number of anilines is 1. The minimum atomic E-state index is -4.54. The molecule has 1 fully saturated rings. The molecule has 3 aromatic rings. The molecule has 0 saturated carbocycles. The lowest BCUT2D eigenvalue weighted by Crippen LogP contribution is -2.46. The molecule has 4 N–H and O–H groups in total. The topological polar surface area (TPSA) is 181 Å². The number of nitrogens with zero attached hydrogens (tertiary/aromatic N) is 4. The number of ether oxygens (including phenoxy) is 2. The summed E-state index contributed by atoms with van der Waals surface area (Å²) in [6, 6.07) is 7.80. The van der Waals surface area contributed by atoms with E-state index in [-0.39, 0.29) is 22.9 Å². The van der Waals surface area contributed by atoms with Crippen molar-refractivity contribution in [2.75, 3.05) is 18.5 Å². The molecule has 2 aromatic heterocycles. The molecule has 0 bridgehead atoms. The van der Waals surface area contributed by atoms with Gasteiger partial charge in [-0.05, 0) is 43.5 Å². The van der Waals surface area contributed by atoms with Gasteiger partial charge in [0.2, 0.25) is 11.5 Å². The number of aliphatic hydroxyl groups excluding tert-OH is 1. The number of benzene rings is 1. The Morgan fingerprint density at radius 2 is 2.08 bits per heavy atom. The van der Waals surface area contributed by atoms with E-state index in [4.69, 9.17) is 38.6 Å². The van der Waals surface area contributed by atoms with E-state index in [2.05, 4.69) is 20.9 Å². The van der Waals surface area contributed by atoms with E-state index >= 15 is 0 Å². The van der Waals surface area contributed by atoms with Crippen molar-refractivity contribution in [3.8, 4) is 17.0 Å². The Morgan fingerprint density at radius 3 is 2.75 bits per heavy atom. The number of esters is 1. The van der Waals surface area contributed by atoms with Gasteiger partial charge in [0.05, 0.1) is 40.0 Å². The highest BCUT2D eigenvalue weighted by atomic mass is 35.5. The number of nitrogen functional groups attached to an aromatic ring is 1. The Morgan fingerprint density at radius 1 is 1.35 bits per heavy atom. The summed E-state index contributed by atoms with van der Waals surface area (Å²) in [6.45, 7) is 1.61. The first-order valence-corrected chi connectivity index (χ1v) is 14.2. The second-order valence-electron chi connectivity index (χ2n) is 9.28. The van der Waals surface area contributed by atoms with Gasteiger partial charge in [0.15, 0.2) is 11.9 Å². The molecule has 6 atom stereocenters. The van der Waals surface area contributed by atoms with Gasteiger partial charge in [-0.1, -0.05) is 25.1 Å². The zero-order valence-electron chi connectivity index (χ0n) is 23.7. The lowest BCUT2D eigenvalue weighted by molar-refractivity contribution is -0.151. The van der Waals surface area contributed by atoms with Crippen LogP contribution in [0.4, 0.5) is 5.95 Å². The average Bonchev–Trinajstić information content (AvgIpc) is 3.41. The smallest absolute Gasteiger partial charge is 0.380 e. The lowest BCUT2D eigenvalue weighted by Gasteiger charge is -2.26. The van der Waals surface area contributed by atoms with Gasteiger partial charge in [0.1, 0.15) is 23.5 Å². The molecule has 1 aliphatic rings. The fraction of sp³-hybridized carbons (Fsp3) is 0.440. The normalized spacial score (nSPS) is 25.8. The molecule has 0 radical (unpaired) electrons. The molecular formula is C25H29ClN5O8P. The third-order valence-electron chi connectivity index (χ3n) is 5.77. The molecule has 0 amide bonds. The van der Waals surface area contributed by atoms with Crippen molar-refractivity contribution >= 4 is 42.3 Å². The van der Waals surface area contributed by atoms with Crippen LogP contribution in [0.1, 0.15) is 29.7 Å². The SMILES string of the molecule is [2H]C([2H])(O[P@@](=O)(C[C@@H](C)C(=O)OC(C)C)Oc1ccccc1)[C@H]1O[C@@H](n2cnc3cnc(N)nc32)C(O)(C#CCl)[C@H]1O. The Balaban J connectivity index is 1.69. The van der Waals surface area contributed by atoms with Crippen LogP contribution in [0.2, 0.25) is 0 Å². The number of hydrogen-bond donors (Lipinski definition) is 3. The molecule has 0 spiro atoms. The maximum Gasteiger partial charge on any atom is 0.380 e. The van der Waals surface area contributed by atoms with Gasteiger partial charge in [0.25, 0.3) is 0 Å². The molecule has 0 aliphatic carbocycles. The molecule has 1 aliphatic heterocycles. The van der Waals surface area contributed by atoms with E-state index in [9.17, 15) is 19.6 Å². The minimum Gasteiger partial charge on any atom is -0.463 e. The Hall–Kier alpha value is -3.24. The number of carbonyl (C=O) groups is 1. The van der Waals surface area contributed by atoms with Gasteiger partial charge >= 0.3 is 13.6 Å². The number of hydrogen-bond acceptors (Lipinski definition) is 12. The number of fused-ring (bicyclic) bond motifs is 1. The highest BCUT2D eigenvalue weighted by Crippen LogP contribution is 2.51. The number of para-hydroxylation sites is 1. The first kappa shape index (κ1) is 27.0. The molecule has 1 unspecified atom stereocenters. The van der Waals surface area contributed by atoms with E-state index < -0.39 is 62.3 Å². The monoisotopic (exact) mass is 595 g/mol. The summed E-state index contributed by atoms with van der Waals surface area (Å²) >= 11 is 5.60. The fourth-order valence-corrected chi connectivity index (χ4v) is 5.78. The van der Waals surface area contributed by atoms with Crippen molar-refractivity contribution in [1.29, 1.82) is 0 Å². The molecule has 1 saturated heterocycles. The first-order valence-electron chi connectivity index (χ1n) is 13.1. The van der Waals surface area contributed by atoms with Crippen LogP contribution in [-0.2, 0) is 23.4 Å². The molecule has 214 valence electrons. The largest absolute Gasteiger partial charge is 0.463 e. The molecule has 15 heteroatoms. The zero-order chi connectivity index (χ0) is 30.9. The second kappa shape index (κ2) is 12.1. The number of halogens is 1. The summed E-state index contributed by atoms with van der Waals surface area (Å²) in [5.41, 5.74) is 3.49. The van der Waals surface area contributed by atoms with Gasteiger partial charge in [-0.25, -0.2) is 14.5 Å². The third-order valence-corrected chi connectivity index (χ3v) is 7.73. The van der Waals surface area contributed by atoms with E-state index in [1.807, 2.05) is 5.38 Å². The minimum absolute atomic E-state index is 0.0681. The summed E-state index contributed by atoms with van der Waals surface area (Å²) in [6.07, 6.45) is -4.32. The number of imidazole rings is 1. The Labute approximate surface area is 237 Å². The van der Waals surface area contributed by atoms with Crippen LogP contribution in [0.5, 0.6) is 5.75 Å². The van der Waals surface area contributed by atoms with E-state index in [0.717, 1.165) is 4.57 Å². The van der Waals surface area contributed by atoms with Crippen LogP contribution in [0.25, 0.3) is 11.2 Å². The Kier molecular flexibility index (Phi) is 8.15. The highest BCUT2D eigenvalue weighted by molar-refractivity contribution is 7.54. The molecule has 13 nitrogen and oxygen atoms in total. The lowest BCUT2D eigenvalue weighted by atomic mass is 9.95. The second-order valence-corrected chi connectivity index (χ2v) is 11.4. The molecule has 40 heavy (non-hydrogen) atoms. The van der Waals surface area contributed by atoms with Crippen LogP contribution in [0.3, 0.4) is 0 Å². The maximum absolute atomic E-state index is 14.1. The van der Waals surface area contributed by atoms with Gasteiger partial charge in [-0.2, -0.15) is 4.98 Å². The average molecular weight is 596 g/mol. The quantitative estimate of drug-likeness (QED) is 0.177. The third kappa shape index (κ3) is 6.39. The summed E-state index contributed by atoms with van der Waals surface area (Å²) in [7, 11) is -4.54. The molecule has 3 heterocycles.